The summed E-state index contributed by atoms with van der Waals surface area (Å²) in [6.45, 7) is 0.518. The molecule has 1 aromatic carbocycles. The lowest BCUT2D eigenvalue weighted by atomic mass is 10.2. The Morgan fingerprint density at radius 3 is 2.90 bits per heavy atom. The number of carbonyl (C=O) groups is 2. The van der Waals surface area contributed by atoms with Crippen molar-refractivity contribution in [2.45, 2.75) is 5.75 Å². The largest absolute Gasteiger partial charge is 0.496 e. The van der Waals surface area contributed by atoms with Gasteiger partial charge in [0.1, 0.15) is 5.75 Å². The number of ether oxygens (including phenoxy) is 1. The van der Waals surface area contributed by atoms with Gasteiger partial charge in [0, 0.05) is 28.6 Å². The molecule has 1 N–H and O–H groups in total. The van der Waals surface area contributed by atoms with Crippen molar-refractivity contribution in [2.24, 2.45) is 0 Å². The minimum Gasteiger partial charge on any atom is -0.496 e. The van der Waals surface area contributed by atoms with Crippen LogP contribution in [0.2, 0.25) is 5.02 Å². The minimum absolute atomic E-state index is 0.103. The van der Waals surface area contributed by atoms with Crippen molar-refractivity contribution in [2.75, 3.05) is 26.0 Å². The van der Waals surface area contributed by atoms with Crippen molar-refractivity contribution >= 4 is 35.3 Å². The molecule has 0 radical (unpaired) electrons. The SMILES string of the molecule is COc1ccc(Cl)cc1CSCCN1C(=O)CNC1=O. The molecule has 108 valence electrons. The lowest BCUT2D eigenvalue weighted by molar-refractivity contribution is -0.124. The number of imide groups is 1. The zero-order chi connectivity index (χ0) is 14.5. The molecule has 1 fully saturated rings. The van der Waals surface area contributed by atoms with Crippen LogP contribution in [0.25, 0.3) is 0 Å². The molecule has 1 heterocycles. The standard InChI is InChI=1S/C13H15ClN2O3S/c1-19-11-3-2-10(14)6-9(11)8-20-5-4-16-12(17)7-15-13(16)18/h2-3,6H,4-5,7-8H2,1H3,(H,15,18). The van der Waals surface area contributed by atoms with Crippen molar-refractivity contribution in [3.05, 3.63) is 28.8 Å². The van der Waals surface area contributed by atoms with Gasteiger partial charge in [-0.25, -0.2) is 4.79 Å². The van der Waals surface area contributed by atoms with Crippen molar-refractivity contribution in [1.29, 1.82) is 0 Å². The average molecular weight is 315 g/mol. The first kappa shape index (κ1) is 15.0. The summed E-state index contributed by atoms with van der Waals surface area (Å²) in [5, 5.41) is 3.16. The maximum Gasteiger partial charge on any atom is 0.324 e. The topological polar surface area (TPSA) is 58.6 Å². The van der Waals surface area contributed by atoms with E-state index >= 15 is 0 Å². The fraction of sp³-hybridized carbons (Fsp3) is 0.385. The number of carbonyl (C=O) groups excluding carboxylic acids is 2. The quantitative estimate of drug-likeness (QED) is 0.645. The number of urea groups is 1. The summed E-state index contributed by atoms with van der Waals surface area (Å²) >= 11 is 7.58. The van der Waals surface area contributed by atoms with E-state index in [1.807, 2.05) is 12.1 Å². The summed E-state index contributed by atoms with van der Waals surface area (Å²) < 4.78 is 5.26. The molecule has 5 nitrogen and oxygen atoms in total. The second kappa shape index (κ2) is 6.85. The van der Waals surface area contributed by atoms with Gasteiger partial charge in [-0.1, -0.05) is 11.6 Å². The van der Waals surface area contributed by atoms with Gasteiger partial charge < -0.3 is 10.1 Å². The summed E-state index contributed by atoms with van der Waals surface area (Å²) in [6.07, 6.45) is 0. The van der Waals surface area contributed by atoms with Crippen molar-refractivity contribution in [3.8, 4) is 5.75 Å². The fourth-order valence-electron chi connectivity index (χ4n) is 1.88. The van der Waals surface area contributed by atoms with E-state index in [1.165, 1.54) is 4.90 Å². The Bertz CT molecular complexity index is 508. The Labute approximate surface area is 126 Å². The molecule has 0 saturated carbocycles. The first-order chi connectivity index (χ1) is 9.61. The fourth-order valence-corrected chi connectivity index (χ4v) is 2.98. The van der Waals surface area contributed by atoms with E-state index in [2.05, 4.69) is 5.32 Å². The molecule has 1 aliphatic rings. The van der Waals surface area contributed by atoms with Crippen LogP contribution in [0.1, 0.15) is 5.56 Å². The van der Waals surface area contributed by atoms with Crippen LogP contribution in [-0.2, 0) is 10.5 Å². The predicted octanol–water partition coefficient (Wildman–Crippen LogP) is 2.13. The average Bonchev–Trinajstić information content (AvgIpc) is 2.75. The molecule has 1 saturated heterocycles. The van der Waals surface area contributed by atoms with E-state index in [1.54, 1.807) is 24.9 Å². The van der Waals surface area contributed by atoms with Gasteiger partial charge in [0.15, 0.2) is 0 Å². The summed E-state index contributed by atoms with van der Waals surface area (Å²) in [4.78, 5) is 24.0. The highest BCUT2D eigenvalue weighted by Gasteiger charge is 2.27. The van der Waals surface area contributed by atoms with E-state index in [0.29, 0.717) is 23.1 Å². The van der Waals surface area contributed by atoms with Crippen molar-refractivity contribution in [3.63, 3.8) is 0 Å². The van der Waals surface area contributed by atoms with E-state index in [4.69, 9.17) is 16.3 Å². The zero-order valence-corrected chi connectivity index (χ0v) is 12.6. The molecule has 1 aliphatic heterocycles. The number of hydrogen-bond acceptors (Lipinski definition) is 4. The smallest absolute Gasteiger partial charge is 0.324 e. The van der Waals surface area contributed by atoms with Crippen molar-refractivity contribution < 1.29 is 14.3 Å². The third-order valence-corrected chi connectivity index (χ3v) is 4.12. The number of nitrogens with zero attached hydrogens (tertiary/aromatic N) is 1. The molecule has 0 unspecified atom stereocenters. The normalized spacial score (nSPS) is 14.6. The lowest BCUT2D eigenvalue weighted by Gasteiger charge is -2.12. The van der Waals surface area contributed by atoms with Crippen LogP contribution in [0.15, 0.2) is 18.2 Å². The molecule has 0 spiro atoms. The number of methoxy groups -OCH3 is 1. The van der Waals surface area contributed by atoms with E-state index < -0.39 is 0 Å². The summed E-state index contributed by atoms with van der Waals surface area (Å²) in [7, 11) is 1.62. The molecular formula is C13H15ClN2O3S. The molecule has 0 aromatic heterocycles. The monoisotopic (exact) mass is 314 g/mol. The summed E-state index contributed by atoms with van der Waals surface area (Å²) in [6, 6.07) is 5.16. The Balaban J connectivity index is 1.83. The highest BCUT2D eigenvalue weighted by molar-refractivity contribution is 7.98. The Kier molecular flexibility index (Phi) is 5.14. The number of nitrogens with one attached hydrogen (secondary N) is 1. The zero-order valence-electron chi connectivity index (χ0n) is 11.0. The second-order valence-electron chi connectivity index (χ2n) is 4.21. The number of thioether (sulfide) groups is 1. The summed E-state index contributed by atoms with van der Waals surface area (Å²) in [5.41, 5.74) is 1.00. The first-order valence-electron chi connectivity index (χ1n) is 6.10. The first-order valence-corrected chi connectivity index (χ1v) is 7.63. The molecule has 2 rings (SSSR count). The highest BCUT2D eigenvalue weighted by Crippen LogP contribution is 2.26. The molecule has 0 bridgehead atoms. The number of benzene rings is 1. The molecule has 3 amide bonds. The molecule has 7 heteroatoms. The van der Waals surface area contributed by atoms with Crippen LogP contribution in [0.3, 0.4) is 0 Å². The van der Waals surface area contributed by atoms with Crippen LogP contribution in [-0.4, -0.2) is 42.8 Å². The molecule has 0 atom stereocenters. The number of rotatable bonds is 6. The number of halogens is 1. The van der Waals surface area contributed by atoms with Gasteiger partial charge in [-0.15, -0.1) is 0 Å². The molecule has 20 heavy (non-hydrogen) atoms. The van der Waals surface area contributed by atoms with Gasteiger partial charge in [0.2, 0.25) is 5.91 Å². The van der Waals surface area contributed by atoms with Crippen LogP contribution >= 0.6 is 23.4 Å². The number of amides is 3. The van der Waals surface area contributed by atoms with Gasteiger partial charge in [0.05, 0.1) is 13.7 Å². The van der Waals surface area contributed by atoms with Gasteiger partial charge >= 0.3 is 6.03 Å². The van der Waals surface area contributed by atoms with E-state index in [0.717, 1.165) is 11.3 Å². The Hall–Kier alpha value is -1.40. The molecule has 1 aromatic rings. The Morgan fingerprint density at radius 1 is 1.45 bits per heavy atom. The second-order valence-corrected chi connectivity index (χ2v) is 5.75. The van der Waals surface area contributed by atoms with Crippen LogP contribution in [0.5, 0.6) is 5.75 Å². The van der Waals surface area contributed by atoms with E-state index in [-0.39, 0.29) is 18.5 Å². The van der Waals surface area contributed by atoms with E-state index in [9.17, 15) is 9.59 Å². The van der Waals surface area contributed by atoms with Gasteiger partial charge in [-0.2, -0.15) is 11.8 Å². The van der Waals surface area contributed by atoms with Gasteiger partial charge in [0.25, 0.3) is 0 Å². The minimum atomic E-state index is -0.309. The third kappa shape index (κ3) is 3.58. The maximum atomic E-state index is 11.4. The third-order valence-electron chi connectivity index (χ3n) is 2.90. The van der Waals surface area contributed by atoms with Gasteiger partial charge in [-0.3, -0.25) is 9.69 Å². The highest BCUT2D eigenvalue weighted by atomic mass is 35.5. The van der Waals surface area contributed by atoms with Crippen LogP contribution < -0.4 is 10.1 Å². The number of hydrogen-bond donors (Lipinski definition) is 1. The lowest BCUT2D eigenvalue weighted by Crippen LogP contribution is -2.32. The molecule has 0 aliphatic carbocycles. The van der Waals surface area contributed by atoms with Gasteiger partial charge in [-0.05, 0) is 18.2 Å². The summed E-state index contributed by atoms with van der Waals surface area (Å²) in [5.74, 6) is 2.01. The van der Waals surface area contributed by atoms with Crippen LogP contribution in [0, 0.1) is 0 Å². The maximum absolute atomic E-state index is 11.4. The van der Waals surface area contributed by atoms with Crippen LogP contribution in [0.4, 0.5) is 4.79 Å². The predicted molar refractivity (Wildman–Crippen MR) is 79.3 cm³/mol. The Morgan fingerprint density at radius 2 is 2.25 bits per heavy atom. The van der Waals surface area contributed by atoms with Crippen molar-refractivity contribution in [1.82, 2.24) is 10.2 Å². The molecular weight excluding hydrogens is 300 g/mol.